The topological polar surface area (TPSA) is 77.5 Å². The molecule has 0 aliphatic carbocycles. The molecule has 124 valence electrons. The van der Waals surface area contributed by atoms with Gasteiger partial charge in [0.25, 0.3) is 0 Å². The number of rotatable bonds is 8. The number of nitrogens with zero attached hydrogens (tertiary/aromatic N) is 1. The van der Waals surface area contributed by atoms with E-state index in [1.165, 1.54) is 18.3 Å². The molecule has 0 bridgehead atoms. The van der Waals surface area contributed by atoms with Crippen molar-refractivity contribution in [3.63, 3.8) is 0 Å². The van der Waals surface area contributed by atoms with E-state index in [4.69, 9.17) is 9.47 Å². The quantitative estimate of drug-likeness (QED) is 0.747. The molecule has 0 amide bonds. The summed E-state index contributed by atoms with van der Waals surface area (Å²) in [6.45, 7) is 6.00. The van der Waals surface area contributed by atoms with E-state index in [1.54, 1.807) is 6.92 Å². The number of anilines is 1. The Morgan fingerprint density at radius 2 is 2.09 bits per heavy atom. The van der Waals surface area contributed by atoms with Gasteiger partial charge in [-0.05, 0) is 39.0 Å². The van der Waals surface area contributed by atoms with Crippen LogP contribution >= 0.6 is 11.3 Å². The summed E-state index contributed by atoms with van der Waals surface area (Å²) in [7, 11) is 0. The number of nitrogens with one attached hydrogen (secondary N) is 1. The molecule has 0 radical (unpaired) electrons. The highest BCUT2D eigenvalue weighted by Crippen LogP contribution is 2.29. The highest BCUT2D eigenvalue weighted by atomic mass is 32.1. The van der Waals surface area contributed by atoms with Gasteiger partial charge in [0.15, 0.2) is 10.9 Å². The van der Waals surface area contributed by atoms with Crippen molar-refractivity contribution in [2.24, 2.45) is 0 Å². The van der Waals surface area contributed by atoms with Gasteiger partial charge >= 0.3 is 5.97 Å². The van der Waals surface area contributed by atoms with Gasteiger partial charge in [-0.25, -0.2) is 4.98 Å². The number of Topliss-reactive ketones (excluding diaryl/α,β-unsaturated/α-hetero) is 1. The third-order valence-corrected chi connectivity index (χ3v) is 4.08. The molecule has 1 aromatic carbocycles. The molecule has 23 heavy (non-hydrogen) atoms. The molecule has 0 aliphatic rings. The van der Waals surface area contributed by atoms with E-state index < -0.39 is 12.0 Å². The number of carbonyl (C=O) groups excluding carboxylic acids is 2. The summed E-state index contributed by atoms with van der Waals surface area (Å²) in [5.74, 6) is 0.247. The fourth-order valence-electron chi connectivity index (χ4n) is 2.06. The normalized spacial score (nSPS) is 12.0. The van der Waals surface area contributed by atoms with Crippen molar-refractivity contribution in [3.05, 3.63) is 18.2 Å². The number of esters is 1. The van der Waals surface area contributed by atoms with Crippen LogP contribution in [0, 0.1) is 0 Å². The maximum absolute atomic E-state index is 11.7. The standard InChI is InChI=1S/C16H20N2O4S/c1-4-21-11-6-7-12-14(8-11)23-16(17-12)18-13(10(3)19)9-15(20)22-5-2/h6-8,13H,4-5,9H2,1-3H3,(H,17,18). The number of ketones is 1. The molecule has 1 N–H and O–H groups in total. The third kappa shape index (κ3) is 4.66. The molecular formula is C16H20N2O4S. The first-order chi connectivity index (χ1) is 11.0. The van der Waals surface area contributed by atoms with Gasteiger partial charge < -0.3 is 14.8 Å². The lowest BCUT2D eigenvalue weighted by atomic mass is 10.1. The SMILES string of the molecule is CCOC(=O)CC(Nc1nc2ccc(OCC)cc2s1)C(C)=O. The van der Waals surface area contributed by atoms with Gasteiger partial charge in [-0.2, -0.15) is 0 Å². The molecule has 0 saturated heterocycles. The Bertz CT molecular complexity index is 698. The van der Waals surface area contributed by atoms with Crippen LogP contribution in [0.25, 0.3) is 10.2 Å². The van der Waals surface area contributed by atoms with Gasteiger partial charge in [0.2, 0.25) is 0 Å². The first-order valence-electron chi connectivity index (χ1n) is 7.49. The molecule has 0 spiro atoms. The summed E-state index contributed by atoms with van der Waals surface area (Å²) in [4.78, 5) is 27.8. The Morgan fingerprint density at radius 1 is 1.30 bits per heavy atom. The van der Waals surface area contributed by atoms with Gasteiger partial charge in [0.05, 0.1) is 35.9 Å². The molecule has 1 atom stereocenters. The molecule has 6 nitrogen and oxygen atoms in total. The Kier molecular flexibility index (Phi) is 5.92. The van der Waals surface area contributed by atoms with Crippen LogP contribution in [0.1, 0.15) is 27.2 Å². The molecule has 2 aromatic rings. The van der Waals surface area contributed by atoms with E-state index in [9.17, 15) is 9.59 Å². The zero-order valence-electron chi connectivity index (χ0n) is 13.4. The molecule has 1 heterocycles. The first-order valence-corrected chi connectivity index (χ1v) is 8.31. The highest BCUT2D eigenvalue weighted by molar-refractivity contribution is 7.22. The largest absolute Gasteiger partial charge is 0.494 e. The lowest BCUT2D eigenvalue weighted by Gasteiger charge is -2.13. The van der Waals surface area contributed by atoms with Crippen molar-refractivity contribution < 1.29 is 19.1 Å². The van der Waals surface area contributed by atoms with Gasteiger partial charge in [0.1, 0.15) is 5.75 Å². The van der Waals surface area contributed by atoms with E-state index in [0.29, 0.717) is 18.3 Å². The zero-order valence-corrected chi connectivity index (χ0v) is 14.2. The maximum Gasteiger partial charge on any atom is 0.308 e. The van der Waals surface area contributed by atoms with Crippen molar-refractivity contribution in [1.29, 1.82) is 0 Å². The van der Waals surface area contributed by atoms with Crippen LogP contribution < -0.4 is 10.1 Å². The number of aromatic nitrogens is 1. The summed E-state index contributed by atoms with van der Waals surface area (Å²) < 4.78 is 11.3. The molecule has 0 fully saturated rings. The maximum atomic E-state index is 11.7. The van der Waals surface area contributed by atoms with Crippen molar-refractivity contribution in [2.75, 3.05) is 18.5 Å². The minimum absolute atomic E-state index is 0.0106. The average molecular weight is 336 g/mol. The minimum atomic E-state index is -0.638. The van der Waals surface area contributed by atoms with E-state index in [1.807, 2.05) is 25.1 Å². The highest BCUT2D eigenvalue weighted by Gasteiger charge is 2.20. The second-order valence-corrected chi connectivity index (χ2v) is 5.93. The Morgan fingerprint density at radius 3 is 2.74 bits per heavy atom. The van der Waals surface area contributed by atoms with Crippen LogP contribution in [-0.2, 0) is 14.3 Å². The summed E-state index contributed by atoms with van der Waals surface area (Å²) >= 11 is 1.42. The van der Waals surface area contributed by atoms with Crippen LogP contribution in [0.3, 0.4) is 0 Å². The van der Waals surface area contributed by atoms with Crippen LogP contribution in [0.2, 0.25) is 0 Å². The number of hydrogen-bond donors (Lipinski definition) is 1. The summed E-state index contributed by atoms with van der Waals surface area (Å²) in [5.41, 5.74) is 0.819. The number of thiazole rings is 1. The molecule has 0 saturated carbocycles. The summed E-state index contributed by atoms with van der Waals surface area (Å²) in [6.07, 6.45) is -0.0106. The second kappa shape index (κ2) is 7.92. The number of fused-ring (bicyclic) bond motifs is 1. The average Bonchev–Trinajstić information content (AvgIpc) is 2.88. The third-order valence-electron chi connectivity index (χ3n) is 3.14. The molecular weight excluding hydrogens is 316 g/mol. The van der Waals surface area contributed by atoms with E-state index >= 15 is 0 Å². The second-order valence-electron chi connectivity index (χ2n) is 4.90. The van der Waals surface area contributed by atoms with Crippen molar-refractivity contribution in [3.8, 4) is 5.75 Å². The minimum Gasteiger partial charge on any atom is -0.494 e. The van der Waals surface area contributed by atoms with Crippen LogP contribution in [0.15, 0.2) is 18.2 Å². The predicted octanol–water partition coefficient (Wildman–Crippen LogP) is 3.02. The van der Waals surface area contributed by atoms with Crippen molar-refractivity contribution in [1.82, 2.24) is 4.98 Å². The predicted molar refractivity (Wildman–Crippen MR) is 90.1 cm³/mol. The van der Waals surface area contributed by atoms with Crippen LogP contribution in [0.5, 0.6) is 5.75 Å². The number of carbonyl (C=O) groups is 2. The number of ether oxygens (including phenoxy) is 2. The van der Waals surface area contributed by atoms with Gasteiger partial charge in [0, 0.05) is 0 Å². The molecule has 7 heteroatoms. The van der Waals surface area contributed by atoms with Gasteiger partial charge in [-0.3, -0.25) is 9.59 Å². The molecule has 0 aliphatic heterocycles. The van der Waals surface area contributed by atoms with E-state index in [0.717, 1.165) is 16.0 Å². The van der Waals surface area contributed by atoms with Crippen LogP contribution in [-0.4, -0.2) is 36.0 Å². The molecule has 2 rings (SSSR count). The molecule has 1 aromatic heterocycles. The number of hydrogen-bond acceptors (Lipinski definition) is 7. The van der Waals surface area contributed by atoms with Gasteiger partial charge in [-0.15, -0.1) is 0 Å². The first kappa shape index (κ1) is 17.2. The van der Waals surface area contributed by atoms with Gasteiger partial charge in [-0.1, -0.05) is 11.3 Å². The fraction of sp³-hybridized carbons (Fsp3) is 0.438. The van der Waals surface area contributed by atoms with Crippen LogP contribution in [0.4, 0.5) is 5.13 Å². The summed E-state index contributed by atoms with van der Waals surface area (Å²) in [6, 6.07) is 5.00. The zero-order chi connectivity index (χ0) is 16.8. The lowest BCUT2D eigenvalue weighted by molar-refractivity contribution is -0.144. The van der Waals surface area contributed by atoms with Crippen molar-refractivity contribution in [2.45, 2.75) is 33.2 Å². The molecule has 1 unspecified atom stereocenters. The fourth-order valence-corrected chi connectivity index (χ4v) is 3.00. The number of benzene rings is 1. The Labute approximate surface area is 138 Å². The van der Waals surface area contributed by atoms with Crippen molar-refractivity contribution >= 4 is 38.4 Å². The van der Waals surface area contributed by atoms with E-state index in [2.05, 4.69) is 10.3 Å². The summed E-state index contributed by atoms with van der Waals surface area (Å²) in [5, 5.41) is 3.62. The smallest absolute Gasteiger partial charge is 0.308 e. The monoisotopic (exact) mass is 336 g/mol. The Balaban J connectivity index is 2.14. The lowest BCUT2D eigenvalue weighted by Crippen LogP contribution is -2.30. The Hall–Kier alpha value is -2.15. The van der Waals surface area contributed by atoms with E-state index in [-0.39, 0.29) is 12.2 Å².